The number of carbonyl (C=O) groups is 2. The summed E-state index contributed by atoms with van der Waals surface area (Å²) in [6.07, 6.45) is 10.9. The molecule has 3 heterocycles. The lowest BCUT2D eigenvalue weighted by atomic mass is 9.67. The summed E-state index contributed by atoms with van der Waals surface area (Å²) in [4.78, 5) is 35.9. The monoisotopic (exact) mass is 441 g/mol. The highest BCUT2D eigenvalue weighted by atomic mass is 79.9. The van der Waals surface area contributed by atoms with Crippen LogP contribution < -0.4 is 0 Å². The number of nitrogens with zero attached hydrogens (tertiary/aromatic N) is 3. The number of hydrogen-bond donors (Lipinski definition) is 0. The van der Waals surface area contributed by atoms with E-state index in [-0.39, 0.29) is 11.6 Å². The van der Waals surface area contributed by atoms with Crippen molar-refractivity contribution in [1.82, 2.24) is 4.57 Å². The number of halogens is 1. The number of ketones is 2. The first-order valence-corrected chi connectivity index (χ1v) is 10.7. The highest BCUT2D eigenvalue weighted by Gasteiger charge is 2.49. The fourth-order valence-corrected chi connectivity index (χ4v) is 5.87. The number of Topliss-reactive ketones (excluding diaryl/α,β-unsaturated/α-hetero) is 1. The van der Waals surface area contributed by atoms with Crippen molar-refractivity contribution >= 4 is 51.2 Å². The molecule has 5 nitrogen and oxygen atoms in total. The van der Waals surface area contributed by atoms with Crippen molar-refractivity contribution in [2.24, 2.45) is 22.4 Å². The summed E-state index contributed by atoms with van der Waals surface area (Å²) in [5.74, 6) is -0.116. The molecular weight excluding hydrogens is 426 g/mol. The van der Waals surface area contributed by atoms with E-state index in [4.69, 9.17) is 4.99 Å². The Morgan fingerprint density at radius 1 is 1.33 bits per heavy atom. The lowest BCUT2D eigenvalue weighted by molar-refractivity contribution is -0.110. The standard InChI is InChI=1S/C20H16BrN3O2S/c1-24-9-10-3-5-22-16-14(10)18(24)19(26)17-15(16)20(4-6-23-17)8-11(21)12(25)7-13(20)27-2/h6-9H,3-5H2,1-2H3. The van der Waals surface area contributed by atoms with Crippen LogP contribution in [0.1, 0.15) is 28.0 Å². The van der Waals surface area contributed by atoms with Gasteiger partial charge in [-0.25, -0.2) is 0 Å². The molecule has 1 atom stereocenters. The summed E-state index contributed by atoms with van der Waals surface area (Å²) < 4.78 is 2.42. The van der Waals surface area contributed by atoms with Crippen LogP contribution in [-0.4, -0.2) is 40.9 Å². The second-order valence-corrected chi connectivity index (χ2v) is 8.78. The summed E-state index contributed by atoms with van der Waals surface area (Å²) in [5.41, 5.74) is 4.36. The molecule has 2 aliphatic heterocycles. The molecule has 1 aromatic heterocycles. The van der Waals surface area contributed by atoms with Crippen molar-refractivity contribution < 1.29 is 9.59 Å². The number of rotatable bonds is 1. The molecule has 0 N–H and O–H groups in total. The molecule has 27 heavy (non-hydrogen) atoms. The zero-order valence-corrected chi connectivity index (χ0v) is 17.3. The molecule has 2 aliphatic carbocycles. The zero-order chi connectivity index (χ0) is 18.9. The second kappa shape index (κ2) is 5.75. The van der Waals surface area contributed by atoms with Crippen molar-refractivity contribution in [3.8, 4) is 0 Å². The van der Waals surface area contributed by atoms with E-state index in [1.165, 1.54) is 0 Å². The minimum absolute atomic E-state index is 0.0524. The molecule has 5 rings (SSSR count). The van der Waals surface area contributed by atoms with Gasteiger partial charge in [0.2, 0.25) is 5.78 Å². The fraction of sp³-hybridized carbons (Fsp3) is 0.300. The summed E-state index contributed by atoms with van der Waals surface area (Å²) in [7, 11) is 1.90. The number of carbonyl (C=O) groups excluding carboxylic acids is 2. The smallest absolute Gasteiger partial charge is 0.228 e. The third-order valence-corrected chi connectivity index (χ3v) is 7.20. The Labute approximate surface area is 169 Å². The third-order valence-electron chi connectivity index (χ3n) is 5.66. The van der Waals surface area contributed by atoms with Crippen LogP contribution in [0.2, 0.25) is 0 Å². The first kappa shape index (κ1) is 17.1. The SMILES string of the molecule is CSC1=CC(=O)C(Br)=CC12CC=NC1=C2C2=NCCc3cn(C)c(c32)C1=O. The van der Waals surface area contributed by atoms with Gasteiger partial charge in [-0.05, 0) is 40.2 Å². The normalized spacial score (nSPS) is 26.0. The van der Waals surface area contributed by atoms with Gasteiger partial charge in [0, 0.05) is 48.5 Å². The Kier molecular flexibility index (Phi) is 3.65. The van der Waals surface area contributed by atoms with Gasteiger partial charge in [-0.1, -0.05) is 6.08 Å². The molecule has 1 unspecified atom stereocenters. The van der Waals surface area contributed by atoms with Crippen molar-refractivity contribution in [1.29, 1.82) is 0 Å². The topological polar surface area (TPSA) is 63.8 Å². The van der Waals surface area contributed by atoms with Gasteiger partial charge in [0.1, 0.15) is 11.4 Å². The van der Waals surface area contributed by atoms with Crippen molar-refractivity contribution in [2.75, 3.05) is 12.8 Å². The Hall–Kier alpha value is -1.99. The van der Waals surface area contributed by atoms with E-state index >= 15 is 0 Å². The Bertz CT molecular complexity index is 1100. The van der Waals surface area contributed by atoms with E-state index in [9.17, 15) is 9.59 Å². The number of aryl methyl sites for hydroxylation is 1. The van der Waals surface area contributed by atoms with Crippen LogP contribution in [0.3, 0.4) is 0 Å². The maximum atomic E-state index is 13.4. The van der Waals surface area contributed by atoms with Crippen LogP contribution in [0.5, 0.6) is 0 Å². The average Bonchev–Trinajstić information content (AvgIpc) is 2.99. The molecule has 136 valence electrons. The predicted molar refractivity (Wildman–Crippen MR) is 111 cm³/mol. The van der Waals surface area contributed by atoms with Crippen LogP contribution in [-0.2, 0) is 18.3 Å². The molecule has 0 aromatic carbocycles. The Morgan fingerprint density at radius 2 is 2.15 bits per heavy atom. The lowest BCUT2D eigenvalue weighted by Gasteiger charge is -2.41. The van der Waals surface area contributed by atoms with E-state index in [1.807, 2.05) is 30.1 Å². The average molecular weight is 442 g/mol. The van der Waals surface area contributed by atoms with Crippen molar-refractivity contribution in [3.05, 3.63) is 55.8 Å². The fourth-order valence-electron chi connectivity index (χ4n) is 4.53. The predicted octanol–water partition coefficient (Wildman–Crippen LogP) is 3.39. The van der Waals surface area contributed by atoms with Crippen LogP contribution in [0.4, 0.5) is 0 Å². The molecule has 1 spiro atoms. The first-order valence-electron chi connectivity index (χ1n) is 8.72. The molecule has 0 bridgehead atoms. The summed E-state index contributed by atoms with van der Waals surface area (Å²) >= 11 is 4.96. The third kappa shape index (κ3) is 2.12. The van der Waals surface area contributed by atoms with E-state index in [2.05, 4.69) is 20.9 Å². The Morgan fingerprint density at radius 3 is 2.93 bits per heavy atom. The van der Waals surface area contributed by atoms with Crippen LogP contribution in [0.15, 0.2) is 49.0 Å². The molecule has 0 saturated carbocycles. The van der Waals surface area contributed by atoms with Crippen LogP contribution >= 0.6 is 27.7 Å². The minimum atomic E-state index is -0.583. The van der Waals surface area contributed by atoms with Gasteiger partial charge in [0.15, 0.2) is 5.78 Å². The molecule has 0 amide bonds. The van der Waals surface area contributed by atoms with Gasteiger partial charge in [-0.2, -0.15) is 0 Å². The number of aromatic nitrogens is 1. The van der Waals surface area contributed by atoms with Crippen LogP contribution in [0.25, 0.3) is 0 Å². The molecule has 0 saturated heterocycles. The van der Waals surface area contributed by atoms with Crippen LogP contribution in [0, 0.1) is 5.41 Å². The molecular formula is C20H16BrN3O2S. The maximum absolute atomic E-state index is 13.4. The highest BCUT2D eigenvalue weighted by Crippen LogP contribution is 2.54. The van der Waals surface area contributed by atoms with E-state index < -0.39 is 5.41 Å². The number of allylic oxidation sites excluding steroid dienone is 6. The van der Waals surface area contributed by atoms with Gasteiger partial charge < -0.3 is 4.57 Å². The maximum Gasteiger partial charge on any atom is 0.228 e. The van der Waals surface area contributed by atoms with Crippen molar-refractivity contribution in [3.63, 3.8) is 0 Å². The van der Waals surface area contributed by atoms with Gasteiger partial charge in [-0.15, -0.1) is 11.8 Å². The van der Waals surface area contributed by atoms with Crippen molar-refractivity contribution in [2.45, 2.75) is 12.8 Å². The van der Waals surface area contributed by atoms with E-state index in [0.717, 1.165) is 33.7 Å². The van der Waals surface area contributed by atoms with E-state index in [0.29, 0.717) is 28.8 Å². The molecule has 0 radical (unpaired) electrons. The molecule has 7 heteroatoms. The molecule has 0 fully saturated rings. The number of thioether (sulfide) groups is 1. The first-order chi connectivity index (χ1) is 13.0. The highest BCUT2D eigenvalue weighted by molar-refractivity contribution is 9.12. The summed E-state index contributed by atoms with van der Waals surface area (Å²) in [6.45, 7) is 0.693. The number of aliphatic imine (C=N–C) groups is 2. The van der Waals surface area contributed by atoms with Gasteiger partial charge in [0.25, 0.3) is 0 Å². The molecule has 4 aliphatic rings. The number of fused-ring (bicyclic) bond motifs is 2. The second-order valence-electron chi connectivity index (χ2n) is 7.08. The van der Waals surface area contributed by atoms with E-state index in [1.54, 1.807) is 24.1 Å². The summed E-state index contributed by atoms with van der Waals surface area (Å²) in [6, 6.07) is 0. The van der Waals surface area contributed by atoms with Gasteiger partial charge in [-0.3, -0.25) is 19.6 Å². The largest absolute Gasteiger partial charge is 0.347 e. The van der Waals surface area contributed by atoms with Gasteiger partial charge in [0.05, 0.1) is 15.6 Å². The van der Waals surface area contributed by atoms with Gasteiger partial charge >= 0.3 is 0 Å². The minimum Gasteiger partial charge on any atom is -0.347 e. The Balaban J connectivity index is 1.85. The zero-order valence-electron chi connectivity index (χ0n) is 14.9. The lowest BCUT2D eigenvalue weighted by Crippen LogP contribution is -2.39. The number of hydrogen-bond acceptors (Lipinski definition) is 5. The summed E-state index contributed by atoms with van der Waals surface area (Å²) in [5, 5.41) is 0. The molecule has 1 aromatic rings. The quantitative estimate of drug-likeness (QED) is 0.670.